The van der Waals surface area contributed by atoms with Gasteiger partial charge in [-0.1, -0.05) is 6.07 Å². The van der Waals surface area contributed by atoms with E-state index >= 15 is 0 Å². The Balaban J connectivity index is 1.11. The van der Waals surface area contributed by atoms with E-state index in [-0.39, 0.29) is 11.9 Å². The van der Waals surface area contributed by atoms with Gasteiger partial charge in [-0.15, -0.1) is 0 Å². The number of hydrazine groups is 1. The number of piperidine rings is 1. The zero-order valence-electron chi connectivity index (χ0n) is 17.8. The number of nitrogens with one attached hydrogen (secondary N) is 2. The fourth-order valence-corrected chi connectivity index (χ4v) is 5.13. The van der Waals surface area contributed by atoms with Crippen molar-refractivity contribution in [2.24, 2.45) is 0 Å². The van der Waals surface area contributed by atoms with Crippen LogP contribution < -0.4 is 20.3 Å². The standard InChI is InChI=1S/C22H33N5O3/c1-16-11-19(24-23-16)22(28)27-6-2-3-18(14-27)26-9-7-25(8-10-26)13-17-4-5-20-21(12-17)30-15-29-20/h4-5,12,16,18-19,23-24H,2-3,6-11,13-15H2,1H3. The predicted molar refractivity (Wildman–Crippen MR) is 113 cm³/mol. The lowest BCUT2D eigenvalue weighted by atomic mass is 10.0. The monoisotopic (exact) mass is 415 g/mol. The molecule has 0 bridgehead atoms. The van der Waals surface area contributed by atoms with E-state index in [9.17, 15) is 4.79 Å². The fourth-order valence-electron chi connectivity index (χ4n) is 5.13. The molecule has 0 aromatic heterocycles. The zero-order valence-corrected chi connectivity index (χ0v) is 17.8. The van der Waals surface area contributed by atoms with Gasteiger partial charge in [-0.25, -0.2) is 5.43 Å². The van der Waals surface area contributed by atoms with Gasteiger partial charge in [0, 0.05) is 57.9 Å². The number of carbonyl (C=O) groups excluding carboxylic acids is 1. The molecule has 0 aliphatic carbocycles. The van der Waals surface area contributed by atoms with E-state index in [0.717, 1.165) is 70.2 Å². The van der Waals surface area contributed by atoms with Crippen LogP contribution in [0.1, 0.15) is 31.7 Å². The average molecular weight is 416 g/mol. The highest BCUT2D eigenvalue weighted by molar-refractivity contribution is 5.82. The molecule has 4 aliphatic heterocycles. The molecular formula is C22H33N5O3. The molecule has 2 N–H and O–H groups in total. The minimum absolute atomic E-state index is 0.0719. The van der Waals surface area contributed by atoms with Crippen LogP contribution in [-0.4, -0.2) is 84.8 Å². The molecule has 1 aromatic rings. The first-order valence-electron chi connectivity index (χ1n) is 11.3. The molecule has 1 amide bonds. The van der Waals surface area contributed by atoms with Gasteiger partial charge in [0.25, 0.3) is 0 Å². The van der Waals surface area contributed by atoms with Gasteiger partial charge in [-0.05, 0) is 43.9 Å². The molecule has 3 saturated heterocycles. The number of benzene rings is 1. The molecule has 8 nitrogen and oxygen atoms in total. The second-order valence-electron chi connectivity index (χ2n) is 9.06. The average Bonchev–Trinajstić information content (AvgIpc) is 3.42. The van der Waals surface area contributed by atoms with E-state index in [1.54, 1.807) is 0 Å². The van der Waals surface area contributed by atoms with Gasteiger partial charge in [0.15, 0.2) is 11.5 Å². The lowest BCUT2D eigenvalue weighted by Crippen LogP contribution is -2.57. The van der Waals surface area contributed by atoms with E-state index < -0.39 is 0 Å². The predicted octanol–water partition coefficient (Wildman–Crippen LogP) is 0.779. The van der Waals surface area contributed by atoms with E-state index in [2.05, 4.69) is 44.6 Å². The van der Waals surface area contributed by atoms with E-state index in [4.69, 9.17) is 9.47 Å². The Bertz CT molecular complexity index is 767. The third-order valence-corrected chi connectivity index (χ3v) is 6.87. The van der Waals surface area contributed by atoms with Crippen LogP contribution in [0.5, 0.6) is 11.5 Å². The van der Waals surface area contributed by atoms with Gasteiger partial charge in [-0.3, -0.25) is 20.0 Å². The molecule has 164 valence electrons. The highest BCUT2D eigenvalue weighted by Gasteiger charge is 2.35. The van der Waals surface area contributed by atoms with Gasteiger partial charge in [-0.2, -0.15) is 0 Å². The molecule has 5 rings (SSSR count). The third kappa shape index (κ3) is 4.27. The van der Waals surface area contributed by atoms with Gasteiger partial charge in [0.1, 0.15) is 6.04 Å². The Labute approximate surface area is 178 Å². The molecule has 3 fully saturated rings. The van der Waals surface area contributed by atoms with Crippen LogP contribution in [0.25, 0.3) is 0 Å². The van der Waals surface area contributed by atoms with Gasteiger partial charge in [0.05, 0.1) is 0 Å². The smallest absolute Gasteiger partial charge is 0.241 e. The summed E-state index contributed by atoms with van der Waals surface area (Å²) in [5.74, 6) is 1.97. The summed E-state index contributed by atoms with van der Waals surface area (Å²) in [5.41, 5.74) is 7.61. The summed E-state index contributed by atoms with van der Waals surface area (Å²) in [5, 5.41) is 0. The van der Waals surface area contributed by atoms with Crippen molar-refractivity contribution in [2.75, 3.05) is 46.1 Å². The van der Waals surface area contributed by atoms with Crippen LogP contribution >= 0.6 is 0 Å². The highest BCUT2D eigenvalue weighted by Crippen LogP contribution is 2.33. The molecule has 0 spiro atoms. The van der Waals surface area contributed by atoms with Crippen molar-refractivity contribution in [3.05, 3.63) is 23.8 Å². The van der Waals surface area contributed by atoms with Crippen LogP contribution in [0.3, 0.4) is 0 Å². The number of fused-ring (bicyclic) bond motifs is 1. The normalized spacial score (nSPS) is 30.0. The number of nitrogens with zero attached hydrogens (tertiary/aromatic N) is 3. The van der Waals surface area contributed by atoms with E-state index in [0.29, 0.717) is 18.9 Å². The molecule has 0 saturated carbocycles. The fraction of sp³-hybridized carbons (Fsp3) is 0.682. The van der Waals surface area contributed by atoms with Crippen LogP contribution in [0, 0.1) is 0 Å². The maximum atomic E-state index is 12.9. The summed E-state index contributed by atoms with van der Waals surface area (Å²) < 4.78 is 10.9. The van der Waals surface area contributed by atoms with Crippen molar-refractivity contribution in [1.29, 1.82) is 0 Å². The van der Waals surface area contributed by atoms with Gasteiger partial charge < -0.3 is 14.4 Å². The van der Waals surface area contributed by atoms with E-state index in [1.807, 2.05) is 6.07 Å². The van der Waals surface area contributed by atoms with Crippen molar-refractivity contribution in [3.63, 3.8) is 0 Å². The molecule has 3 unspecified atom stereocenters. The Morgan fingerprint density at radius 1 is 1.10 bits per heavy atom. The van der Waals surface area contributed by atoms with Gasteiger partial charge in [0.2, 0.25) is 12.7 Å². The summed E-state index contributed by atoms with van der Waals surface area (Å²) in [4.78, 5) is 20.1. The number of carbonyl (C=O) groups is 1. The number of rotatable bonds is 4. The second kappa shape index (κ2) is 8.70. The van der Waals surface area contributed by atoms with Crippen molar-refractivity contribution in [1.82, 2.24) is 25.6 Å². The number of piperazine rings is 1. The number of ether oxygens (including phenoxy) is 2. The minimum Gasteiger partial charge on any atom is -0.454 e. The summed E-state index contributed by atoms with van der Waals surface area (Å²) in [6.07, 6.45) is 3.17. The maximum absolute atomic E-state index is 12.9. The maximum Gasteiger partial charge on any atom is 0.241 e. The first kappa shape index (κ1) is 20.1. The molecule has 3 atom stereocenters. The quantitative estimate of drug-likeness (QED) is 0.753. The molecule has 4 aliphatic rings. The molecule has 4 heterocycles. The number of hydrogen-bond acceptors (Lipinski definition) is 7. The van der Waals surface area contributed by atoms with Crippen LogP contribution in [0.15, 0.2) is 18.2 Å². The SMILES string of the molecule is CC1CC(C(=O)N2CCCC(N3CCN(Cc4ccc5c(c4)OCO5)CC3)C2)NN1. The lowest BCUT2D eigenvalue weighted by molar-refractivity contribution is -0.135. The van der Waals surface area contributed by atoms with Crippen molar-refractivity contribution in [3.8, 4) is 11.5 Å². The molecule has 0 radical (unpaired) electrons. The molecular weight excluding hydrogens is 382 g/mol. The van der Waals surface area contributed by atoms with Crippen LogP contribution in [0.4, 0.5) is 0 Å². The number of amides is 1. The first-order chi connectivity index (χ1) is 14.7. The zero-order chi connectivity index (χ0) is 20.5. The Morgan fingerprint density at radius 2 is 1.93 bits per heavy atom. The largest absolute Gasteiger partial charge is 0.454 e. The molecule has 30 heavy (non-hydrogen) atoms. The summed E-state index contributed by atoms with van der Waals surface area (Å²) in [6, 6.07) is 7.03. The van der Waals surface area contributed by atoms with Gasteiger partial charge >= 0.3 is 0 Å². The van der Waals surface area contributed by atoms with Crippen LogP contribution in [0.2, 0.25) is 0 Å². The second-order valence-corrected chi connectivity index (χ2v) is 9.06. The number of likely N-dealkylation sites (tertiary alicyclic amines) is 1. The van der Waals surface area contributed by atoms with Crippen LogP contribution in [-0.2, 0) is 11.3 Å². The topological polar surface area (TPSA) is 69.3 Å². The van der Waals surface area contributed by atoms with Crippen molar-refractivity contribution in [2.45, 2.75) is 50.9 Å². The number of hydrogen-bond donors (Lipinski definition) is 2. The molecule has 8 heteroatoms. The highest BCUT2D eigenvalue weighted by atomic mass is 16.7. The van der Waals surface area contributed by atoms with Crippen molar-refractivity contribution >= 4 is 5.91 Å². The Morgan fingerprint density at radius 3 is 2.73 bits per heavy atom. The Hall–Kier alpha value is -1.87. The van der Waals surface area contributed by atoms with E-state index in [1.165, 1.54) is 12.0 Å². The summed E-state index contributed by atoms with van der Waals surface area (Å²) >= 11 is 0. The Kier molecular flexibility index (Phi) is 5.82. The summed E-state index contributed by atoms with van der Waals surface area (Å²) in [6.45, 7) is 9.40. The summed E-state index contributed by atoms with van der Waals surface area (Å²) in [7, 11) is 0. The first-order valence-corrected chi connectivity index (χ1v) is 11.3. The molecule has 1 aromatic carbocycles. The van der Waals surface area contributed by atoms with Crippen molar-refractivity contribution < 1.29 is 14.3 Å². The minimum atomic E-state index is -0.0719. The third-order valence-electron chi connectivity index (χ3n) is 6.87. The lowest BCUT2D eigenvalue weighted by Gasteiger charge is -2.43.